The highest BCUT2D eigenvalue weighted by Crippen LogP contribution is 2.22. The van der Waals surface area contributed by atoms with Crippen LogP contribution in [0.4, 0.5) is 5.00 Å². The molecule has 18 heavy (non-hydrogen) atoms. The van der Waals surface area contributed by atoms with Crippen molar-refractivity contribution in [2.24, 2.45) is 0 Å². The zero-order valence-electron chi connectivity index (χ0n) is 10.9. The second-order valence-corrected chi connectivity index (χ2v) is 5.61. The minimum atomic E-state index is -1.03. The molecule has 1 heterocycles. The molecule has 5 heteroatoms. The minimum Gasteiger partial charge on any atom is -0.476 e. The molecule has 3 N–H and O–H groups in total. The number of carbonyl (C=O) groups is 1. The van der Waals surface area contributed by atoms with Crippen LogP contribution >= 0.6 is 11.3 Å². The Bertz CT molecular complexity index is 377. The molecule has 0 saturated carbocycles. The first-order valence-corrected chi connectivity index (χ1v) is 7.45. The molecular weight excluding hydrogens is 248 g/mol. The summed E-state index contributed by atoms with van der Waals surface area (Å²) in [6, 6.07) is 0. The first-order valence-electron chi connectivity index (χ1n) is 6.63. The maximum Gasteiger partial charge on any atom is 0.357 e. The van der Waals surface area contributed by atoms with Crippen LogP contribution in [0.25, 0.3) is 0 Å². The predicted molar refractivity (Wildman–Crippen MR) is 75.2 cm³/mol. The van der Waals surface area contributed by atoms with Gasteiger partial charge in [-0.1, -0.05) is 45.4 Å². The van der Waals surface area contributed by atoms with Crippen LogP contribution in [0.1, 0.15) is 67.4 Å². The van der Waals surface area contributed by atoms with Crippen molar-refractivity contribution in [3.05, 3.63) is 10.7 Å². The number of carboxylic acid groups (broad SMARTS) is 1. The molecule has 1 aromatic heterocycles. The van der Waals surface area contributed by atoms with E-state index in [2.05, 4.69) is 11.9 Å². The summed E-state index contributed by atoms with van der Waals surface area (Å²) in [5.74, 6) is -1.03. The third kappa shape index (κ3) is 5.04. The monoisotopic (exact) mass is 270 g/mol. The Kier molecular flexibility index (Phi) is 6.72. The van der Waals surface area contributed by atoms with Crippen LogP contribution < -0.4 is 5.73 Å². The molecule has 102 valence electrons. The van der Waals surface area contributed by atoms with Crippen molar-refractivity contribution in [1.29, 1.82) is 0 Å². The standard InChI is InChI=1S/C13H22N2O2S/c1-2-3-4-5-6-7-8-9-10-15-11(13(16)17)12(14)18-10/h2-9,14H2,1H3,(H,16,17). The molecule has 0 amide bonds. The number of nitrogens with zero attached hydrogens (tertiary/aromatic N) is 1. The maximum atomic E-state index is 10.8. The van der Waals surface area contributed by atoms with E-state index in [9.17, 15) is 4.79 Å². The van der Waals surface area contributed by atoms with E-state index in [-0.39, 0.29) is 5.69 Å². The molecule has 0 spiro atoms. The zero-order valence-corrected chi connectivity index (χ0v) is 11.8. The largest absolute Gasteiger partial charge is 0.476 e. The molecule has 0 fully saturated rings. The molecule has 0 aromatic carbocycles. The molecule has 0 unspecified atom stereocenters. The van der Waals surface area contributed by atoms with Crippen LogP contribution in [-0.2, 0) is 6.42 Å². The molecule has 0 aliphatic carbocycles. The van der Waals surface area contributed by atoms with Gasteiger partial charge in [0.05, 0.1) is 5.01 Å². The van der Waals surface area contributed by atoms with Gasteiger partial charge < -0.3 is 10.8 Å². The first-order chi connectivity index (χ1) is 8.65. The van der Waals surface area contributed by atoms with Gasteiger partial charge in [0, 0.05) is 0 Å². The van der Waals surface area contributed by atoms with Crippen LogP contribution in [-0.4, -0.2) is 16.1 Å². The highest BCUT2D eigenvalue weighted by atomic mass is 32.1. The van der Waals surface area contributed by atoms with E-state index in [1.807, 2.05) is 0 Å². The molecule has 0 aliphatic rings. The van der Waals surface area contributed by atoms with Crippen molar-refractivity contribution in [1.82, 2.24) is 4.98 Å². The smallest absolute Gasteiger partial charge is 0.357 e. The van der Waals surface area contributed by atoms with Crippen molar-refractivity contribution in [3.63, 3.8) is 0 Å². The van der Waals surface area contributed by atoms with Gasteiger partial charge in [-0.25, -0.2) is 9.78 Å². The lowest BCUT2D eigenvalue weighted by Gasteiger charge is -1.99. The predicted octanol–water partition coefficient (Wildman–Crippen LogP) is 3.72. The summed E-state index contributed by atoms with van der Waals surface area (Å²) < 4.78 is 0. The topological polar surface area (TPSA) is 76.2 Å². The number of hydrogen-bond acceptors (Lipinski definition) is 4. The van der Waals surface area contributed by atoms with Crippen molar-refractivity contribution < 1.29 is 9.90 Å². The summed E-state index contributed by atoms with van der Waals surface area (Å²) in [6.07, 6.45) is 9.58. The highest BCUT2D eigenvalue weighted by Gasteiger charge is 2.14. The third-order valence-electron chi connectivity index (χ3n) is 2.89. The highest BCUT2D eigenvalue weighted by molar-refractivity contribution is 7.15. The van der Waals surface area contributed by atoms with Gasteiger partial charge in [0.2, 0.25) is 0 Å². The number of hydrogen-bond donors (Lipinski definition) is 2. The van der Waals surface area contributed by atoms with Crippen molar-refractivity contribution in [2.45, 2.75) is 58.3 Å². The first kappa shape index (κ1) is 15.0. The molecule has 0 bridgehead atoms. The second-order valence-electron chi connectivity index (χ2n) is 4.50. The van der Waals surface area contributed by atoms with Crippen LogP contribution in [0.2, 0.25) is 0 Å². The van der Waals surface area contributed by atoms with Crippen LogP contribution in [0, 0.1) is 0 Å². The van der Waals surface area contributed by atoms with Crippen LogP contribution in [0.3, 0.4) is 0 Å². The number of carboxylic acids is 1. The van der Waals surface area contributed by atoms with Crippen LogP contribution in [0.5, 0.6) is 0 Å². The van der Waals surface area contributed by atoms with Gasteiger partial charge in [0.25, 0.3) is 0 Å². The fraction of sp³-hybridized carbons (Fsp3) is 0.692. The van der Waals surface area contributed by atoms with Gasteiger partial charge in [-0.15, -0.1) is 11.3 Å². The number of thiazole rings is 1. The number of rotatable bonds is 9. The summed E-state index contributed by atoms with van der Waals surface area (Å²) in [7, 11) is 0. The van der Waals surface area contributed by atoms with E-state index < -0.39 is 5.97 Å². The zero-order chi connectivity index (χ0) is 13.4. The number of unbranched alkanes of at least 4 members (excludes halogenated alkanes) is 6. The Balaban J connectivity index is 2.19. The third-order valence-corrected chi connectivity index (χ3v) is 3.84. The molecule has 1 rings (SSSR count). The number of aryl methyl sites for hydroxylation is 1. The van der Waals surface area contributed by atoms with Gasteiger partial charge in [-0.05, 0) is 12.8 Å². The van der Waals surface area contributed by atoms with Crippen molar-refractivity contribution in [3.8, 4) is 0 Å². The fourth-order valence-electron chi connectivity index (χ4n) is 1.87. The second kappa shape index (κ2) is 8.08. The molecule has 1 aromatic rings. The summed E-state index contributed by atoms with van der Waals surface area (Å²) >= 11 is 1.30. The Morgan fingerprint density at radius 1 is 1.22 bits per heavy atom. The van der Waals surface area contributed by atoms with Crippen molar-refractivity contribution in [2.75, 3.05) is 5.73 Å². The minimum absolute atomic E-state index is 0.0120. The van der Waals surface area contributed by atoms with E-state index in [1.165, 1.54) is 49.9 Å². The van der Waals surface area contributed by atoms with Gasteiger partial charge in [0.1, 0.15) is 5.00 Å². The number of nitrogens with two attached hydrogens (primary N) is 1. The lowest BCUT2D eigenvalue weighted by atomic mass is 10.1. The quantitative estimate of drug-likeness (QED) is 0.670. The van der Waals surface area contributed by atoms with Crippen LogP contribution in [0.15, 0.2) is 0 Å². The average Bonchev–Trinajstić information content (AvgIpc) is 2.69. The summed E-state index contributed by atoms with van der Waals surface area (Å²) in [4.78, 5) is 14.8. The Morgan fingerprint density at radius 3 is 2.39 bits per heavy atom. The Morgan fingerprint density at radius 2 is 1.83 bits per heavy atom. The number of anilines is 1. The summed E-state index contributed by atoms with van der Waals surface area (Å²) in [5.41, 5.74) is 5.61. The molecule has 4 nitrogen and oxygen atoms in total. The van der Waals surface area contributed by atoms with E-state index in [1.54, 1.807) is 0 Å². The lowest BCUT2D eigenvalue weighted by molar-refractivity contribution is 0.0692. The van der Waals surface area contributed by atoms with Gasteiger partial charge >= 0.3 is 5.97 Å². The molecule has 0 radical (unpaired) electrons. The number of aromatic nitrogens is 1. The molecular formula is C13H22N2O2S. The average molecular weight is 270 g/mol. The van der Waals surface area contributed by atoms with E-state index in [4.69, 9.17) is 10.8 Å². The number of nitrogen functional groups attached to an aromatic ring is 1. The van der Waals surface area contributed by atoms with E-state index in [0.717, 1.165) is 17.8 Å². The summed E-state index contributed by atoms with van der Waals surface area (Å²) in [6.45, 7) is 2.22. The van der Waals surface area contributed by atoms with E-state index in [0.29, 0.717) is 5.00 Å². The molecule has 0 atom stereocenters. The van der Waals surface area contributed by atoms with Gasteiger partial charge in [0.15, 0.2) is 5.69 Å². The number of aromatic carboxylic acids is 1. The maximum absolute atomic E-state index is 10.8. The summed E-state index contributed by atoms with van der Waals surface area (Å²) in [5, 5.41) is 10.0. The fourth-order valence-corrected chi connectivity index (χ4v) is 2.74. The molecule has 0 aliphatic heterocycles. The lowest BCUT2D eigenvalue weighted by Crippen LogP contribution is -2.00. The SMILES string of the molecule is CCCCCCCCCc1nc(C(=O)O)c(N)s1. The normalized spacial score (nSPS) is 10.7. The van der Waals surface area contributed by atoms with E-state index >= 15 is 0 Å². The Hall–Kier alpha value is -1.10. The molecule has 0 saturated heterocycles. The van der Waals surface area contributed by atoms with Gasteiger partial charge in [-0.3, -0.25) is 0 Å². The van der Waals surface area contributed by atoms with Gasteiger partial charge in [-0.2, -0.15) is 0 Å². The van der Waals surface area contributed by atoms with Crippen molar-refractivity contribution >= 4 is 22.3 Å². The Labute approximate surface area is 112 Å².